The molecule has 24 heavy (non-hydrogen) atoms. The largest absolute Gasteiger partial charge is 0.351 e. The Hall–Kier alpha value is -2.23. The molecular weight excluding hydrogens is 417 g/mol. The zero-order chi connectivity index (χ0) is 16.1. The summed E-state index contributed by atoms with van der Waals surface area (Å²) in [5.41, 5.74) is 0.990. The van der Waals surface area contributed by atoms with Crippen LogP contribution in [0.25, 0.3) is 10.8 Å². The van der Waals surface area contributed by atoms with E-state index in [0.717, 1.165) is 16.9 Å². The molecule has 0 atom stereocenters. The van der Waals surface area contributed by atoms with Gasteiger partial charge in [-0.3, -0.25) is 14.7 Å². The molecule has 0 saturated heterocycles. The molecule has 0 bridgehead atoms. The number of aromatic nitrogens is 4. The van der Waals surface area contributed by atoms with Crippen molar-refractivity contribution >= 4 is 40.7 Å². The van der Waals surface area contributed by atoms with Crippen LogP contribution in [-0.2, 0) is 20.1 Å². The molecular formula is C16H20IN7. The maximum Gasteiger partial charge on any atom is 0.191 e. The van der Waals surface area contributed by atoms with Gasteiger partial charge in [0.25, 0.3) is 0 Å². The number of aliphatic imine (C=N–C) groups is 1. The molecule has 0 radical (unpaired) electrons. The highest BCUT2D eigenvalue weighted by Crippen LogP contribution is 2.15. The first kappa shape index (κ1) is 18.1. The Labute approximate surface area is 157 Å². The molecule has 0 saturated carbocycles. The Morgan fingerprint density at radius 3 is 2.67 bits per heavy atom. The van der Waals surface area contributed by atoms with Crippen LogP contribution in [0.4, 0.5) is 0 Å². The number of nitrogens with zero attached hydrogens (tertiary/aromatic N) is 5. The summed E-state index contributed by atoms with van der Waals surface area (Å²) in [6.45, 7) is 1.15. The van der Waals surface area contributed by atoms with Gasteiger partial charge in [-0.2, -0.15) is 5.10 Å². The lowest BCUT2D eigenvalue weighted by molar-refractivity contribution is 0.672. The fourth-order valence-electron chi connectivity index (χ4n) is 2.35. The Morgan fingerprint density at radius 1 is 1.12 bits per heavy atom. The standard InChI is InChI=1S/C16H19N7.HI/c1-17-16(20-10-15-21-11-22-23(15)2)19-9-14-13-6-4-3-5-12(13)7-8-18-14;/h3-8,11H,9-10H2,1-2H3,(H2,17,19,20);1H. The van der Waals surface area contributed by atoms with E-state index in [0.29, 0.717) is 19.0 Å². The van der Waals surface area contributed by atoms with Gasteiger partial charge in [0.15, 0.2) is 5.96 Å². The summed E-state index contributed by atoms with van der Waals surface area (Å²) in [6, 6.07) is 10.2. The number of hydrogen-bond donors (Lipinski definition) is 2. The van der Waals surface area contributed by atoms with Crippen molar-refractivity contribution in [2.45, 2.75) is 13.1 Å². The van der Waals surface area contributed by atoms with Gasteiger partial charge >= 0.3 is 0 Å². The van der Waals surface area contributed by atoms with E-state index >= 15 is 0 Å². The molecule has 126 valence electrons. The molecule has 3 rings (SSSR count). The van der Waals surface area contributed by atoms with Crippen LogP contribution in [0.2, 0.25) is 0 Å². The minimum Gasteiger partial charge on any atom is -0.351 e. The van der Waals surface area contributed by atoms with Crippen LogP contribution in [0.15, 0.2) is 47.8 Å². The summed E-state index contributed by atoms with van der Waals surface area (Å²) in [4.78, 5) is 12.9. The maximum absolute atomic E-state index is 4.47. The highest BCUT2D eigenvalue weighted by molar-refractivity contribution is 14.0. The third-order valence-corrected chi connectivity index (χ3v) is 3.62. The molecule has 8 heteroatoms. The van der Waals surface area contributed by atoms with Crippen LogP contribution in [0.3, 0.4) is 0 Å². The van der Waals surface area contributed by atoms with Gasteiger partial charge < -0.3 is 10.6 Å². The molecule has 0 aliphatic carbocycles. The first-order valence-electron chi connectivity index (χ1n) is 7.38. The van der Waals surface area contributed by atoms with Gasteiger partial charge in [0, 0.05) is 25.7 Å². The maximum atomic E-state index is 4.47. The predicted molar refractivity (Wildman–Crippen MR) is 105 cm³/mol. The molecule has 0 fully saturated rings. The van der Waals surface area contributed by atoms with E-state index in [9.17, 15) is 0 Å². The molecule has 7 nitrogen and oxygen atoms in total. The summed E-state index contributed by atoms with van der Waals surface area (Å²) in [7, 11) is 3.60. The van der Waals surface area contributed by atoms with Crippen molar-refractivity contribution in [3.63, 3.8) is 0 Å². The normalized spacial score (nSPS) is 11.2. The summed E-state index contributed by atoms with van der Waals surface area (Å²) in [5, 5.41) is 12.9. The smallest absolute Gasteiger partial charge is 0.191 e. The zero-order valence-corrected chi connectivity index (χ0v) is 15.9. The highest BCUT2D eigenvalue weighted by Gasteiger charge is 2.05. The van der Waals surface area contributed by atoms with E-state index in [1.54, 1.807) is 11.7 Å². The molecule has 2 N–H and O–H groups in total. The van der Waals surface area contributed by atoms with Crippen molar-refractivity contribution in [1.82, 2.24) is 30.4 Å². The van der Waals surface area contributed by atoms with Crippen molar-refractivity contribution < 1.29 is 0 Å². The summed E-state index contributed by atoms with van der Waals surface area (Å²) >= 11 is 0. The number of benzene rings is 1. The molecule has 0 spiro atoms. The lowest BCUT2D eigenvalue weighted by atomic mass is 10.1. The summed E-state index contributed by atoms with van der Waals surface area (Å²) in [5.74, 6) is 1.54. The van der Waals surface area contributed by atoms with Crippen LogP contribution in [0.1, 0.15) is 11.5 Å². The van der Waals surface area contributed by atoms with Gasteiger partial charge in [0.05, 0.1) is 18.8 Å². The van der Waals surface area contributed by atoms with Gasteiger partial charge in [0.2, 0.25) is 0 Å². The van der Waals surface area contributed by atoms with Gasteiger partial charge in [0.1, 0.15) is 12.2 Å². The first-order chi connectivity index (χ1) is 11.3. The monoisotopic (exact) mass is 437 g/mol. The molecule has 3 aromatic rings. The van der Waals surface area contributed by atoms with E-state index in [2.05, 4.69) is 42.8 Å². The quantitative estimate of drug-likeness (QED) is 0.370. The van der Waals surface area contributed by atoms with E-state index in [1.165, 1.54) is 11.7 Å². The Balaban J connectivity index is 0.00000208. The second kappa shape index (κ2) is 8.57. The lowest BCUT2D eigenvalue weighted by Crippen LogP contribution is -2.37. The van der Waals surface area contributed by atoms with Crippen LogP contribution < -0.4 is 10.6 Å². The van der Waals surface area contributed by atoms with Crippen molar-refractivity contribution in [2.24, 2.45) is 12.0 Å². The number of aryl methyl sites for hydroxylation is 1. The first-order valence-corrected chi connectivity index (χ1v) is 7.38. The molecule has 0 unspecified atom stereocenters. The van der Waals surface area contributed by atoms with Crippen molar-refractivity contribution in [3.05, 3.63) is 54.4 Å². The number of fused-ring (bicyclic) bond motifs is 1. The Kier molecular flexibility index (Phi) is 6.47. The SMILES string of the molecule is CN=C(NCc1nccc2ccccc12)NCc1ncnn1C.I. The molecule has 2 heterocycles. The highest BCUT2D eigenvalue weighted by atomic mass is 127. The van der Waals surface area contributed by atoms with E-state index in [4.69, 9.17) is 0 Å². The van der Waals surface area contributed by atoms with E-state index in [1.807, 2.05) is 31.4 Å². The minimum atomic E-state index is 0. The average Bonchev–Trinajstić information content (AvgIpc) is 3.00. The summed E-state index contributed by atoms with van der Waals surface area (Å²) in [6.07, 6.45) is 3.36. The molecule has 0 amide bonds. The van der Waals surface area contributed by atoms with Crippen molar-refractivity contribution in [3.8, 4) is 0 Å². The third kappa shape index (κ3) is 4.19. The van der Waals surface area contributed by atoms with Crippen LogP contribution in [0, 0.1) is 0 Å². The molecule has 1 aromatic carbocycles. The molecule has 2 aromatic heterocycles. The number of rotatable bonds is 4. The fraction of sp³-hybridized carbons (Fsp3) is 0.250. The van der Waals surface area contributed by atoms with Gasteiger partial charge in [-0.05, 0) is 11.5 Å². The van der Waals surface area contributed by atoms with Gasteiger partial charge in [-0.15, -0.1) is 24.0 Å². The fourth-order valence-corrected chi connectivity index (χ4v) is 2.35. The number of hydrogen-bond acceptors (Lipinski definition) is 4. The van der Waals surface area contributed by atoms with Crippen molar-refractivity contribution in [2.75, 3.05) is 7.05 Å². The Bertz CT molecular complexity index is 823. The van der Waals surface area contributed by atoms with Crippen LogP contribution in [-0.4, -0.2) is 32.8 Å². The summed E-state index contributed by atoms with van der Waals surface area (Å²) < 4.78 is 1.73. The third-order valence-electron chi connectivity index (χ3n) is 3.62. The predicted octanol–water partition coefficient (Wildman–Crippen LogP) is 1.85. The average molecular weight is 437 g/mol. The lowest BCUT2D eigenvalue weighted by Gasteiger charge is -2.12. The van der Waals surface area contributed by atoms with Gasteiger partial charge in [-0.25, -0.2) is 4.98 Å². The van der Waals surface area contributed by atoms with E-state index in [-0.39, 0.29) is 24.0 Å². The number of pyridine rings is 1. The molecule has 0 aliphatic rings. The van der Waals surface area contributed by atoms with Crippen LogP contribution >= 0.6 is 24.0 Å². The topological polar surface area (TPSA) is 80.0 Å². The Morgan fingerprint density at radius 2 is 1.92 bits per heavy atom. The number of halogens is 1. The number of nitrogens with one attached hydrogen (secondary N) is 2. The van der Waals surface area contributed by atoms with Gasteiger partial charge in [-0.1, -0.05) is 24.3 Å². The number of guanidine groups is 1. The minimum absolute atomic E-state index is 0. The second-order valence-electron chi connectivity index (χ2n) is 5.06. The van der Waals surface area contributed by atoms with E-state index < -0.39 is 0 Å². The second-order valence-corrected chi connectivity index (χ2v) is 5.06. The zero-order valence-electron chi connectivity index (χ0n) is 13.6. The van der Waals surface area contributed by atoms with Crippen LogP contribution in [0.5, 0.6) is 0 Å². The van der Waals surface area contributed by atoms with Crippen molar-refractivity contribution in [1.29, 1.82) is 0 Å². The molecule has 0 aliphatic heterocycles.